The van der Waals surface area contributed by atoms with Gasteiger partial charge in [-0.3, -0.25) is 0 Å². The van der Waals surface area contributed by atoms with E-state index in [1.165, 1.54) is 0 Å². The molecule has 0 saturated carbocycles. The summed E-state index contributed by atoms with van der Waals surface area (Å²) in [5, 5.41) is 7.70. The van der Waals surface area contributed by atoms with E-state index in [0.717, 1.165) is 11.1 Å². The van der Waals surface area contributed by atoms with Gasteiger partial charge in [0.1, 0.15) is 0 Å². The van der Waals surface area contributed by atoms with Crippen molar-refractivity contribution in [1.82, 2.24) is 14.9 Å². The molecule has 0 amide bonds. The van der Waals surface area contributed by atoms with Crippen molar-refractivity contribution in [3.63, 3.8) is 0 Å². The van der Waals surface area contributed by atoms with Crippen molar-refractivity contribution in [2.75, 3.05) is 5.75 Å². The second kappa shape index (κ2) is 5.50. The van der Waals surface area contributed by atoms with Gasteiger partial charge in [0.25, 0.3) is 0 Å². The van der Waals surface area contributed by atoms with Gasteiger partial charge in [-0.25, -0.2) is 13.1 Å². The number of nitrogens with one attached hydrogen (secondary N) is 1. The minimum absolute atomic E-state index is 0.00896. The standard InChI is InChI=1S/C12H15N3O3S/c1-3-19(16,17)13-8-11-14-15-12(18-11)10-6-4-9(2)5-7-10/h4-7,13H,3,8H2,1-2H3. The van der Waals surface area contributed by atoms with E-state index in [0.29, 0.717) is 5.89 Å². The average Bonchev–Trinajstić information content (AvgIpc) is 2.86. The lowest BCUT2D eigenvalue weighted by molar-refractivity contribution is 0.494. The van der Waals surface area contributed by atoms with Crippen molar-refractivity contribution in [1.29, 1.82) is 0 Å². The monoisotopic (exact) mass is 281 g/mol. The lowest BCUT2D eigenvalue weighted by Crippen LogP contribution is -2.24. The van der Waals surface area contributed by atoms with Gasteiger partial charge in [0.15, 0.2) is 0 Å². The quantitative estimate of drug-likeness (QED) is 0.897. The van der Waals surface area contributed by atoms with Crippen LogP contribution in [0.3, 0.4) is 0 Å². The van der Waals surface area contributed by atoms with Gasteiger partial charge in [0.2, 0.25) is 21.8 Å². The van der Waals surface area contributed by atoms with Crippen LogP contribution in [0.1, 0.15) is 18.4 Å². The summed E-state index contributed by atoms with van der Waals surface area (Å²) in [4.78, 5) is 0. The molecule has 0 fully saturated rings. The van der Waals surface area contributed by atoms with E-state index < -0.39 is 10.0 Å². The number of nitrogens with zero attached hydrogens (tertiary/aromatic N) is 2. The van der Waals surface area contributed by atoms with Crippen LogP contribution in [0.5, 0.6) is 0 Å². The minimum Gasteiger partial charge on any atom is -0.419 e. The van der Waals surface area contributed by atoms with Gasteiger partial charge >= 0.3 is 0 Å². The third kappa shape index (κ3) is 3.62. The van der Waals surface area contributed by atoms with Crippen LogP contribution in [0.4, 0.5) is 0 Å². The zero-order chi connectivity index (χ0) is 13.9. The zero-order valence-electron chi connectivity index (χ0n) is 10.8. The summed E-state index contributed by atoms with van der Waals surface area (Å²) in [6, 6.07) is 7.64. The highest BCUT2D eigenvalue weighted by molar-refractivity contribution is 7.89. The van der Waals surface area contributed by atoms with Gasteiger partial charge in [0, 0.05) is 5.56 Å². The number of aromatic nitrogens is 2. The van der Waals surface area contributed by atoms with Crippen LogP contribution in [0, 0.1) is 6.92 Å². The molecule has 0 radical (unpaired) electrons. The van der Waals surface area contributed by atoms with E-state index >= 15 is 0 Å². The van der Waals surface area contributed by atoms with Gasteiger partial charge in [-0.05, 0) is 26.0 Å². The predicted molar refractivity (Wildman–Crippen MR) is 70.8 cm³/mol. The first-order valence-electron chi connectivity index (χ1n) is 5.87. The molecule has 6 nitrogen and oxygen atoms in total. The molecule has 0 aliphatic heterocycles. The van der Waals surface area contributed by atoms with Gasteiger partial charge in [-0.2, -0.15) is 0 Å². The molecule has 1 aromatic heterocycles. The second-order valence-corrected chi connectivity index (χ2v) is 6.19. The molecule has 0 bridgehead atoms. The smallest absolute Gasteiger partial charge is 0.247 e. The summed E-state index contributed by atoms with van der Waals surface area (Å²) in [6.07, 6.45) is 0. The van der Waals surface area contributed by atoms with E-state index in [1.54, 1.807) is 6.92 Å². The Labute approximate surface area is 111 Å². The number of hydrogen-bond donors (Lipinski definition) is 1. The predicted octanol–water partition coefficient (Wildman–Crippen LogP) is 1.48. The molecular weight excluding hydrogens is 266 g/mol. The maximum atomic E-state index is 11.3. The van der Waals surface area contributed by atoms with E-state index in [9.17, 15) is 8.42 Å². The van der Waals surface area contributed by atoms with Crippen molar-refractivity contribution < 1.29 is 12.8 Å². The topological polar surface area (TPSA) is 85.1 Å². The molecule has 1 heterocycles. The Morgan fingerprint density at radius 3 is 2.53 bits per heavy atom. The summed E-state index contributed by atoms with van der Waals surface area (Å²) < 4.78 is 30.3. The maximum Gasteiger partial charge on any atom is 0.247 e. The molecule has 1 N–H and O–H groups in total. The summed E-state index contributed by atoms with van der Waals surface area (Å²) in [7, 11) is -3.26. The Morgan fingerprint density at radius 1 is 1.21 bits per heavy atom. The van der Waals surface area contributed by atoms with Crippen LogP contribution < -0.4 is 4.72 Å². The fourth-order valence-electron chi connectivity index (χ4n) is 1.41. The molecule has 7 heteroatoms. The third-order valence-electron chi connectivity index (χ3n) is 2.59. The van der Waals surface area contributed by atoms with Crippen molar-refractivity contribution in [3.8, 4) is 11.5 Å². The summed E-state index contributed by atoms with van der Waals surface area (Å²) in [5.74, 6) is 0.643. The van der Waals surface area contributed by atoms with Crippen molar-refractivity contribution in [2.24, 2.45) is 0 Å². The zero-order valence-corrected chi connectivity index (χ0v) is 11.6. The molecule has 2 aromatic rings. The summed E-state index contributed by atoms with van der Waals surface area (Å²) in [5.41, 5.74) is 1.95. The lowest BCUT2D eigenvalue weighted by atomic mass is 10.1. The molecule has 0 spiro atoms. The number of aryl methyl sites for hydroxylation is 1. The van der Waals surface area contributed by atoms with Crippen molar-refractivity contribution in [2.45, 2.75) is 20.4 Å². The van der Waals surface area contributed by atoms with Gasteiger partial charge in [0.05, 0.1) is 12.3 Å². The highest BCUT2D eigenvalue weighted by atomic mass is 32.2. The van der Waals surface area contributed by atoms with Crippen LogP contribution in [0.2, 0.25) is 0 Å². The van der Waals surface area contributed by atoms with Crippen LogP contribution in [0.25, 0.3) is 11.5 Å². The summed E-state index contributed by atoms with van der Waals surface area (Å²) >= 11 is 0. The van der Waals surface area contributed by atoms with Gasteiger partial charge in [-0.15, -0.1) is 10.2 Å². The highest BCUT2D eigenvalue weighted by Crippen LogP contribution is 2.18. The fraction of sp³-hybridized carbons (Fsp3) is 0.333. The van der Waals surface area contributed by atoms with E-state index in [2.05, 4.69) is 14.9 Å². The van der Waals surface area contributed by atoms with E-state index in [4.69, 9.17) is 4.42 Å². The molecule has 0 aliphatic carbocycles. The highest BCUT2D eigenvalue weighted by Gasteiger charge is 2.11. The minimum atomic E-state index is -3.26. The normalized spacial score (nSPS) is 11.7. The van der Waals surface area contributed by atoms with Crippen molar-refractivity contribution in [3.05, 3.63) is 35.7 Å². The Hall–Kier alpha value is -1.73. The number of rotatable bonds is 5. The number of hydrogen-bond acceptors (Lipinski definition) is 5. The molecule has 102 valence electrons. The molecule has 19 heavy (non-hydrogen) atoms. The van der Waals surface area contributed by atoms with Crippen LogP contribution in [-0.4, -0.2) is 24.4 Å². The van der Waals surface area contributed by atoms with E-state index in [-0.39, 0.29) is 18.2 Å². The average molecular weight is 281 g/mol. The Kier molecular flexibility index (Phi) is 3.96. The second-order valence-electron chi connectivity index (χ2n) is 4.09. The third-order valence-corrected chi connectivity index (χ3v) is 3.93. The molecule has 0 unspecified atom stereocenters. The van der Waals surface area contributed by atoms with Gasteiger partial charge < -0.3 is 4.42 Å². The number of benzene rings is 1. The summed E-state index contributed by atoms with van der Waals surface area (Å²) in [6.45, 7) is 3.56. The molecular formula is C12H15N3O3S. The maximum absolute atomic E-state index is 11.3. The SMILES string of the molecule is CCS(=O)(=O)NCc1nnc(-c2ccc(C)cc2)o1. The van der Waals surface area contributed by atoms with Crippen LogP contribution in [-0.2, 0) is 16.6 Å². The lowest BCUT2D eigenvalue weighted by Gasteiger charge is -1.99. The first-order chi connectivity index (χ1) is 9.00. The largest absolute Gasteiger partial charge is 0.419 e. The Bertz CT molecular complexity index is 647. The molecule has 2 rings (SSSR count). The Balaban J connectivity index is 2.09. The van der Waals surface area contributed by atoms with Crippen molar-refractivity contribution >= 4 is 10.0 Å². The first kappa shape index (κ1) is 13.7. The molecule has 0 saturated heterocycles. The number of sulfonamides is 1. The Morgan fingerprint density at radius 2 is 1.89 bits per heavy atom. The molecule has 0 atom stereocenters. The van der Waals surface area contributed by atoms with E-state index in [1.807, 2.05) is 31.2 Å². The molecule has 1 aromatic carbocycles. The van der Waals surface area contributed by atoms with Crippen LogP contribution >= 0.6 is 0 Å². The fourth-order valence-corrected chi connectivity index (χ4v) is 1.96. The van der Waals surface area contributed by atoms with Crippen LogP contribution in [0.15, 0.2) is 28.7 Å². The molecule has 0 aliphatic rings. The first-order valence-corrected chi connectivity index (χ1v) is 7.52. The van der Waals surface area contributed by atoms with Gasteiger partial charge in [-0.1, -0.05) is 17.7 Å².